The first-order chi connectivity index (χ1) is 10.7. The smallest absolute Gasteiger partial charge is 0.355 e. The fourth-order valence-corrected chi connectivity index (χ4v) is 2.15. The van der Waals surface area contributed by atoms with Crippen molar-refractivity contribution in [3.8, 4) is 0 Å². The number of nitrogens with one attached hydrogen (secondary N) is 3. The second-order valence-corrected chi connectivity index (χ2v) is 4.92. The monoisotopic (exact) mass is 310 g/mol. The Labute approximate surface area is 128 Å². The van der Waals surface area contributed by atoms with Gasteiger partial charge in [-0.1, -0.05) is 4.94 Å². The molecule has 0 aromatic carbocycles. The molecule has 0 bridgehead atoms. The lowest BCUT2D eigenvalue weighted by Crippen LogP contribution is -2.31. The molecule has 9 nitrogen and oxygen atoms in total. The third-order valence-electron chi connectivity index (χ3n) is 3.28. The van der Waals surface area contributed by atoms with Crippen LogP contribution in [-0.2, 0) is 4.94 Å². The van der Waals surface area contributed by atoms with Gasteiger partial charge in [0.1, 0.15) is 0 Å². The summed E-state index contributed by atoms with van der Waals surface area (Å²) >= 11 is 0. The van der Waals surface area contributed by atoms with E-state index in [1.54, 1.807) is 12.3 Å². The highest BCUT2D eigenvalue weighted by Gasteiger charge is 2.36. The predicted molar refractivity (Wildman–Crippen MR) is 81.1 cm³/mol. The summed E-state index contributed by atoms with van der Waals surface area (Å²) in [4.78, 5) is 15.4. The van der Waals surface area contributed by atoms with Gasteiger partial charge in [-0.15, -0.1) is 0 Å². The molecule has 9 heteroatoms. The fourth-order valence-electron chi connectivity index (χ4n) is 2.15. The number of hydrogen-bond acceptors (Lipinski definition) is 8. The Bertz CT molecular complexity index is 488. The molecule has 0 radical (unpaired) electrons. The third-order valence-corrected chi connectivity index (χ3v) is 3.28. The molecule has 0 aromatic heterocycles. The van der Waals surface area contributed by atoms with Gasteiger partial charge in [0.05, 0.1) is 11.9 Å². The van der Waals surface area contributed by atoms with E-state index in [0.29, 0.717) is 12.2 Å². The number of rotatable bonds is 10. The zero-order chi connectivity index (χ0) is 15.8. The molecule has 0 saturated carbocycles. The number of nitrogens with two attached hydrogens (primary N) is 1. The van der Waals surface area contributed by atoms with Crippen LogP contribution in [0, 0.1) is 10.1 Å². The Balaban J connectivity index is 1.72. The van der Waals surface area contributed by atoms with Gasteiger partial charge in [-0.05, 0) is 55.0 Å². The van der Waals surface area contributed by atoms with E-state index in [1.165, 1.54) is 6.08 Å². The Morgan fingerprint density at radius 3 is 2.82 bits per heavy atom. The number of fused-ring (bicyclic) bond motifs is 1. The van der Waals surface area contributed by atoms with E-state index >= 15 is 0 Å². The fraction of sp³-hybridized carbons (Fsp3) is 0.538. The Kier molecular flexibility index (Phi) is 6.19. The maximum absolute atomic E-state index is 10.9. The molecule has 2 rings (SSSR count). The SMILES string of the molecule is NCCCNCCCCNC1=CC=C([N+](=O)[O-])N2ONC=C12. The zero-order valence-corrected chi connectivity index (χ0v) is 12.4. The topological polar surface area (TPSA) is 118 Å². The minimum absolute atomic E-state index is 0.120. The van der Waals surface area contributed by atoms with Gasteiger partial charge in [-0.2, -0.15) is 0 Å². The molecule has 122 valence electrons. The number of nitro groups is 1. The van der Waals surface area contributed by atoms with Crippen molar-refractivity contribution >= 4 is 0 Å². The van der Waals surface area contributed by atoms with Crippen molar-refractivity contribution in [2.24, 2.45) is 5.73 Å². The van der Waals surface area contributed by atoms with E-state index in [-0.39, 0.29) is 5.82 Å². The number of nitrogens with zero attached hydrogens (tertiary/aromatic N) is 2. The highest BCUT2D eigenvalue weighted by Crippen LogP contribution is 2.26. The highest BCUT2D eigenvalue weighted by atomic mass is 16.8. The lowest BCUT2D eigenvalue weighted by Gasteiger charge is -2.18. The number of unbranched alkanes of at least 4 members (excludes halogenated alkanes) is 1. The summed E-state index contributed by atoms with van der Waals surface area (Å²) in [6.07, 6.45) is 7.74. The number of hydroxylamine groups is 3. The quantitative estimate of drug-likeness (QED) is 0.251. The van der Waals surface area contributed by atoms with Crippen LogP contribution in [0.25, 0.3) is 0 Å². The maximum Gasteiger partial charge on any atom is 0.355 e. The van der Waals surface area contributed by atoms with Crippen molar-refractivity contribution in [1.29, 1.82) is 0 Å². The summed E-state index contributed by atoms with van der Waals surface area (Å²) in [6.45, 7) is 3.42. The van der Waals surface area contributed by atoms with Crippen molar-refractivity contribution in [3.63, 3.8) is 0 Å². The van der Waals surface area contributed by atoms with Crippen LogP contribution in [-0.4, -0.2) is 36.2 Å². The number of allylic oxidation sites excluding steroid dienone is 2. The van der Waals surface area contributed by atoms with Crippen molar-refractivity contribution in [2.75, 3.05) is 26.2 Å². The molecule has 2 aliphatic rings. The van der Waals surface area contributed by atoms with Gasteiger partial charge in [0.15, 0.2) is 0 Å². The van der Waals surface area contributed by atoms with Gasteiger partial charge in [0, 0.05) is 12.6 Å². The van der Waals surface area contributed by atoms with Crippen molar-refractivity contribution < 1.29 is 9.86 Å². The normalized spacial score (nSPS) is 16.4. The molecule has 0 unspecified atom stereocenters. The summed E-state index contributed by atoms with van der Waals surface area (Å²) in [5.41, 5.74) is 9.35. The van der Waals surface area contributed by atoms with Crippen LogP contribution >= 0.6 is 0 Å². The minimum Gasteiger partial charge on any atom is -0.381 e. The summed E-state index contributed by atoms with van der Waals surface area (Å²) in [7, 11) is 0. The van der Waals surface area contributed by atoms with E-state index in [0.717, 1.165) is 49.7 Å². The van der Waals surface area contributed by atoms with Gasteiger partial charge in [-0.25, -0.2) is 5.48 Å². The first kappa shape index (κ1) is 16.3. The Hall–Kier alpha value is -2.10. The average molecular weight is 310 g/mol. The summed E-state index contributed by atoms with van der Waals surface area (Å²) in [5.74, 6) is -0.120. The molecular weight excluding hydrogens is 288 g/mol. The van der Waals surface area contributed by atoms with Crippen molar-refractivity contribution in [1.82, 2.24) is 21.2 Å². The van der Waals surface area contributed by atoms with Crippen LogP contribution in [0.2, 0.25) is 0 Å². The lowest BCUT2D eigenvalue weighted by atomic mass is 10.2. The lowest BCUT2D eigenvalue weighted by molar-refractivity contribution is -0.465. The van der Waals surface area contributed by atoms with Gasteiger partial charge in [0.25, 0.3) is 0 Å². The van der Waals surface area contributed by atoms with Crippen molar-refractivity contribution in [2.45, 2.75) is 19.3 Å². The molecule has 0 aliphatic carbocycles. The van der Waals surface area contributed by atoms with Crippen LogP contribution in [0.4, 0.5) is 0 Å². The van der Waals surface area contributed by atoms with Crippen molar-refractivity contribution in [3.05, 3.63) is 45.7 Å². The molecule has 0 amide bonds. The molecule has 0 fully saturated rings. The molecule has 0 atom stereocenters. The van der Waals surface area contributed by atoms with Crippen LogP contribution in [0.5, 0.6) is 0 Å². The van der Waals surface area contributed by atoms with E-state index < -0.39 is 4.92 Å². The van der Waals surface area contributed by atoms with E-state index in [9.17, 15) is 10.1 Å². The third kappa shape index (κ3) is 4.20. The predicted octanol–water partition coefficient (Wildman–Crippen LogP) is -0.0966. The first-order valence-corrected chi connectivity index (χ1v) is 7.38. The molecular formula is C13H22N6O3. The van der Waals surface area contributed by atoms with E-state index in [1.807, 2.05) is 0 Å². The molecule has 5 N–H and O–H groups in total. The van der Waals surface area contributed by atoms with Crippen LogP contribution < -0.4 is 21.8 Å². The second kappa shape index (κ2) is 8.37. The van der Waals surface area contributed by atoms with Gasteiger partial charge >= 0.3 is 5.82 Å². The van der Waals surface area contributed by atoms with Gasteiger partial charge in [0.2, 0.25) is 5.70 Å². The maximum atomic E-state index is 10.9. The zero-order valence-electron chi connectivity index (χ0n) is 12.4. The largest absolute Gasteiger partial charge is 0.381 e. The first-order valence-electron chi connectivity index (χ1n) is 7.38. The molecule has 2 aliphatic heterocycles. The molecule has 0 saturated heterocycles. The average Bonchev–Trinajstić information content (AvgIpc) is 2.99. The standard InChI is InChI=1S/C13H22N6O3/c14-6-3-8-15-7-1-2-9-16-11-4-5-13(19(20)21)18-12(11)10-17-22-18/h4-5,10,15-17H,1-3,6-9,14H2. The summed E-state index contributed by atoms with van der Waals surface area (Å²) in [6, 6.07) is 0. The second-order valence-electron chi connectivity index (χ2n) is 4.92. The molecule has 22 heavy (non-hydrogen) atoms. The molecule has 0 spiro atoms. The van der Waals surface area contributed by atoms with Crippen LogP contribution in [0.1, 0.15) is 19.3 Å². The summed E-state index contributed by atoms with van der Waals surface area (Å²) in [5, 5.41) is 18.7. The van der Waals surface area contributed by atoms with Gasteiger partial charge < -0.3 is 26.5 Å². The highest BCUT2D eigenvalue weighted by molar-refractivity contribution is 5.37. The summed E-state index contributed by atoms with van der Waals surface area (Å²) < 4.78 is 0. The number of hydrogen-bond donors (Lipinski definition) is 4. The van der Waals surface area contributed by atoms with E-state index in [2.05, 4.69) is 16.1 Å². The Morgan fingerprint density at radius 2 is 2.05 bits per heavy atom. The Morgan fingerprint density at radius 1 is 1.27 bits per heavy atom. The van der Waals surface area contributed by atoms with Crippen LogP contribution in [0.15, 0.2) is 35.6 Å². The van der Waals surface area contributed by atoms with Crippen LogP contribution in [0.3, 0.4) is 0 Å². The van der Waals surface area contributed by atoms with Gasteiger partial charge in [-0.3, -0.25) is 0 Å². The molecule has 2 heterocycles. The molecule has 0 aromatic rings. The minimum atomic E-state index is -0.485. The van der Waals surface area contributed by atoms with E-state index in [4.69, 9.17) is 10.7 Å².